The van der Waals surface area contributed by atoms with Crippen molar-refractivity contribution in [3.63, 3.8) is 0 Å². The summed E-state index contributed by atoms with van der Waals surface area (Å²) in [5, 5.41) is 2.73. The zero-order valence-electron chi connectivity index (χ0n) is 18.3. The van der Waals surface area contributed by atoms with Crippen molar-refractivity contribution in [1.82, 2.24) is 0 Å². The summed E-state index contributed by atoms with van der Waals surface area (Å²) in [7, 11) is 0. The molecule has 0 bridgehead atoms. The second kappa shape index (κ2) is 10.8. The molecule has 3 rings (SSSR count). The number of carbonyl (C=O) groups is 3. The van der Waals surface area contributed by atoms with Crippen LogP contribution in [0.5, 0.6) is 0 Å². The van der Waals surface area contributed by atoms with Crippen molar-refractivity contribution in [2.45, 2.75) is 46.0 Å². The molecule has 2 aromatic carbocycles. The lowest BCUT2D eigenvalue weighted by molar-refractivity contribution is -0.147. The van der Waals surface area contributed by atoms with Crippen LogP contribution < -0.4 is 10.2 Å². The van der Waals surface area contributed by atoms with Gasteiger partial charge in [-0.1, -0.05) is 17.7 Å². The number of aryl methyl sites for hydroxylation is 2. The number of carbonyl (C=O) groups excluding carboxylic acids is 3. The molecule has 0 spiro atoms. The molecule has 1 fully saturated rings. The normalized spacial score (nSPS) is 13.5. The predicted octanol–water partition coefficient (Wildman–Crippen LogP) is 4.44. The molecule has 6 heteroatoms. The van der Waals surface area contributed by atoms with Crippen molar-refractivity contribution < 1.29 is 19.1 Å². The molecule has 0 aliphatic carbocycles. The molecule has 0 saturated carbocycles. The Labute approximate surface area is 183 Å². The first kappa shape index (κ1) is 22.5. The van der Waals surface area contributed by atoms with Crippen molar-refractivity contribution >= 4 is 29.0 Å². The number of Topliss-reactive ketones (excluding diaryl/α,β-unsaturated/α-hetero) is 1. The largest absolute Gasteiger partial charge is 0.456 e. The van der Waals surface area contributed by atoms with Crippen molar-refractivity contribution in [2.24, 2.45) is 0 Å². The van der Waals surface area contributed by atoms with Gasteiger partial charge in [0.25, 0.3) is 5.91 Å². The average molecular weight is 423 g/mol. The fourth-order valence-electron chi connectivity index (χ4n) is 3.71. The van der Waals surface area contributed by atoms with Gasteiger partial charge in [0, 0.05) is 36.4 Å². The lowest BCUT2D eigenvalue weighted by Crippen LogP contribution is -2.29. The van der Waals surface area contributed by atoms with Gasteiger partial charge in [-0.3, -0.25) is 14.4 Å². The highest BCUT2D eigenvalue weighted by molar-refractivity contribution is 5.99. The molecule has 1 N–H and O–H groups in total. The summed E-state index contributed by atoms with van der Waals surface area (Å²) in [5.74, 6) is -1.06. The Kier molecular flexibility index (Phi) is 7.82. The van der Waals surface area contributed by atoms with E-state index in [9.17, 15) is 14.4 Å². The van der Waals surface area contributed by atoms with Gasteiger partial charge in [0.1, 0.15) is 0 Å². The van der Waals surface area contributed by atoms with Crippen molar-refractivity contribution in [3.8, 4) is 0 Å². The molecule has 1 aliphatic rings. The van der Waals surface area contributed by atoms with Crippen molar-refractivity contribution in [1.29, 1.82) is 0 Å². The molecule has 0 atom stereocenters. The summed E-state index contributed by atoms with van der Waals surface area (Å²) in [4.78, 5) is 38.7. The van der Waals surface area contributed by atoms with Crippen LogP contribution in [0.2, 0.25) is 0 Å². The van der Waals surface area contributed by atoms with Crippen LogP contribution in [0.25, 0.3) is 0 Å². The van der Waals surface area contributed by atoms with E-state index in [-0.39, 0.29) is 25.2 Å². The van der Waals surface area contributed by atoms with E-state index in [0.29, 0.717) is 11.3 Å². The summed E-state index contributed by atoms with van der Waals surface area (Å²) in [5.41, 5.74) is 4.31. The van der Waals surface area contributed by atoms with Crippen LogP contribution in [0.3, 0.4) is 0 Å². The third kappa shape index (κ3) is 6.67. The monoisotopic (exact) mass is 422 g/mol. The maximum atomic E-state index is 12.4. The van der Waals surface area contributed by atoms with Crippen LogP contribution in [0.4, 0.5) is 11.4 Å². The minimum Gasteiger partial charge on any atom is -0.456 e. The average Bonchev–Trinajstić information content (AvgIpc) is 2.78. The number of hydrogen-bond acceptors (Lipinski definition) is 5. The minimum atomic E-state index is -0.561. The summed E-state index contributed by atoms with van der Waals surface area (Å²) < 4.78 is 5.02. The highest BCUT2D eigenvalue weighted by atomic mass is 16.5. The Morgan fingerprint density at radius 1 is 0.935 bits per heavy atom. The van der Waals surface area contributed by atoms with Crippen LogP contribution in [-0.4, -0.2) is 37.4 Å². The van der Waals surface area contributed by atoms with Crippen LogP contribution in [0.15, 0.2) is 42.5 Å². The first-order valence-corrected chi connectivity index (χ1v) is 10.8. The Morgan fingerprint density at radius 3 is 2.35 bits per heavy atom. The summed E-state index contributed by atoms with van der Waals surface area (Å²) in [6, 6.07) is 13.4. The number of hydrogen-bond donors (Lipinski definition) is 1. The predicted molar refractivity (Wildman–Crippen MR) is 122 cm³/mol. The third-order valence-electron chi connectivity index (χ3n) is 5.49. The highest BCUT2D eigenvalue weighted by Crippen LogP contribution is 2.21. The van der Waals surface area contributed by atoms with E-state index in [0.717, 1.165) is 29.9 Å². The van der Waals surface area contributed by atoms with E-state index in [1.165, 1.54) is 19.3 Å². The van der Waals surface area contributed by atoms with Gasteiger partial charge in [0.15, 0.2) is 12.4 Å². The molecule has 164 valence electrons. The van der Waals surface area contributed by atoms with Gasteiger partial charge in [0.05, 0.1) is 6.42 Å². The molecule has 1 aliphatic heterocycles. The first-order valence-electron chi connectivity index (χ1n) is 10.8. The number of esters is 1. The van der Waals surface area contributed by atoms with Crippen LogP contribution in [-0.2, 0) is 14.3 Å². The smallest absolute Gasteiger partial charge is 0.306 e. The molecule has 1 amide bonds. The van der Waals surface area contributed by atoms with Gasteiger partial charge < -0.3 is 15.0 Å². The van der Waals surface area contributed by atoms with Crippen molar-refractivity contribution in [2.75, 3.05) is 29.9 Å². The number of piperidine rings is 1. The fourth-order valence-corrected chi connectivity index (χ4v) is 3.71. The minimum absolute atomic E-state index is 0.0516. The topological polar surface area (TPSA) is 75.7 Å². The molecule has 0 aromatic heterocycles. The van der Waals surface area contributed by atoms with E-state index in [4.69, 9.17) is 4.74 Å². The van der Waals surface area contributed by atoms with Gasteiger partial charge in [-0.2, -0.15) is 0 Å². The molecule has 2 aromatic rings. The maximum absolute atomic E-state index is 12.4. The Bertz CT molecular complexity index is 931. The van der Waals surface area contributed by atoms with Crippen LogP contribution >= 0.6 is 0 Å². The lowest BCUT2D eigenvalue weighted by Gasteiger charge is -2.28. The van der Waals surface area contributed by atoms with E-state index < -0.39 is 11.9 Å². The van der Waals surface area contributed by atoms with E-state index in [1.54, 1.807) is 0 Å². The van der Waals surface area contributed by atoms with Crippen LogP contribution in [0.1, 0.15) is 53.6 Å². The summed E-state index contributed by atoms with van der Waals surface area (Å²) >= 11 is 0. The molecule has 0 radical (unpaired) electrons. The van der Waals surface area contributed by atoms with E-state index in [2.05, 4.69) is 10.2 Å². The molecular weight excluding hydrogens is 392 g/mol. The molecule has 1 heterocycles. The zero-order valence-corrected chi connectivity index (χ0v) is 18.3. The van der Waals surface area contributed by atoms with E-state index in [1.807, 2.05) is 56.3 Å². The fraction of sp³-hybridized carbons (Fsp3) is 0.400. The Hall–Kier alpha value is -3.15. The second-order valence-corrected chi connectivity index (χ2v) is 8.04. The molecule has 31 heavy (non-hydrogen) atoms. The summed E-state index contributed by atoms with van der Waals surface area (Å²) in [6.07, 6.45) is 3.70. The third-order valence-corrected chi connectivity index (χ3v) is 5.49. The SMILES string of the molecule is Cc1ccc(C)c(C(=O)CCC(=O)OCC(=O)Nc2ccc(N3CCCCC3)cc2)c1. The number of rotatable bonds is 8. The number of benzene rings is 2. The zero-order chi connectivity index (χ0) is 22.2. The van der Waals surface area contributed by atoms with Gasteiger partial charge in [0.2, 0.25) is 0 Å². The van der Waals surface area contributed by atoms with Crippen LogP contribution in [0, 0.1) is 13.8 Å². The number of nitrogens with zero attached hydrogens (tertiary/aromatic N) is 1. The number of ether oxygens (including phenoxy) is 1. The number of nitrogens with one attached hydrogen (secondary N) is 1. The van der Waals surface area contributed by atoms with Gasteiger partial charge in [-0.25, -0.2) is 0 Å². The Morgan fingerprint density at radius 2 is 1.65 bits per heavy atom. The standard InChI is InChI=1S/C25H30N2O4/c1-18-6-7-19(2)22(16-18)23(28)12-13-25(30)31-17-24(29)26-20-8-10-21(11-9-20)27-14-4-3-5-15-27/h6-11,16H,3-5,12-15,17H2,1-2H3,(H,26,29). The first-order chi connectivity index (χ1) is 14.9. The van der Waals surface area contributed by atoms with Gasteiger partial charge in [-0.15, -0.1) is 0 Å². The van der Waals surface area contributed by atoms with Gasteiger partial charge in [-0.05, 0) is 69.0 Å². The molecule has 1 saturated heterocycles. The number of amides is 1. The van der Waals surface area contributed by atoms with Crippen molar-refractivity contribution in [3.05, 3.63) is 59.2 Å². The number of ketones is 1. The molecular formula is C25H30N2O4. The maximum Gasteiger partial charge on any atom is 0.306 e. The quantitative estimate of drug-likeness (QED) is 0.503. The van der Waals surface area contributed by atoms with E-state index >= 15 is 0 Å². The number of anilines is 2. The Balaban J connectivity index is 1.40. The highest BCUT2D eigenvalue weighted by Gasteiger charge is 2.14. The summed E-state index contributed by atoms with van der Waals surface area (Å²) in [6.45, 7) is 5.55. The lowest BCUT2D eigenvalue weighted by atomic mass is 9.99. The van der Waals surface area contributed by atoms with Gasteiger partial charge >= 0.3 is 5.97 Å². The second-order valence-electron chi connectivity index (χ2n) is 8.04. The molecule has 6 nitrogen and oxygen atoms in total. The molecule has 0 unspecified atom stereocenters.